The Morgan fingerprint density at radius 1 is 1.25 bits per heavy atom. The predicted octanol–water partition coefficient (Wildman–Crippen LogP) is 0.803. The van der Waals surface area contributed by atoms with Crippen molar-refractivity contribution in [3.05, 3.63) is 18.2 Å². The maximum absolute atomic E-state index is 12.8. The van der Waals surface area contributed by atoms with E-state index in [2.05, 4.69) is 10.1 Å². The van der Waals surface area contributed by atoms with Crippen molar-refractivity contribution >= 4 is 39.5 Å². The third-order valence-electron chi connectivity index (χ3n) is 3.89. The van der Waals surface area contributed by atoms with Gasteiger partial charge in [-0.2, -0.15) is 4.31 Å². The number of fused-ring (bicyclic) bond motifs is 1. The Bertz CT molecular complexity index is 773. The summed E-state index contributed by atoms with van der Waals surface area (Å²) in [6.45, 7) is 0.970. The third kappa shape index (κ3) is 3.21. The molecular weight excluding hydrogens is 354 g/mol. The molecule has 0 unspecified atom stereocenters. The molecule has 1 aromatic rings. The van der Waals surface area contributed by atoms with Crippen LogP contribution in [0.3, 0.4) is 0 Å². The summed E-state index contributed by atoms with van der Waals surface area (Å²) < 4.78 is 31.5. The second kappa shape index (κ2) is 6.61. The van der Waals surface area contributed by atoms with Gasteiger partial charge in [0.05, 0.1) is 23.4 Å². The van der Waals surface area contributed by atoms with Crippen LogP contribution in [0.4, 0.5) is 10.5 Å². The minimum atomic E-state index is -3.67. The molecule has 1 aromatic carbocycles. The van der Waals surface area contributed by atoms with E-state index < -0.39 is 16.1 Å². The van der Waals surface area contributed by atoms with Gasteiger partial charge in [-0.25, -0.2) is 13.2 Å². The lowest BCUT2D eigenvalue weighted by Gasteiger charge is -2.33. The van der Waals surface area contributed by atoms with Gasteiger partial charge in [0.25, 0.3) is 0 Å². The molecular formula is C14H17N3O5S2. The SMILES string of the molecule is COC(=O)N1CCN(S(=O)(=O)c2ccc3c(c2)NC(=O)CS3)CC1. The number of sulfonamides is 1. The van der Waals surface area contributed by atoms with Crippen molar-refractivity contribution in [2.75, 3.05) is 44.4 Å². The number of thioether (sulfide) groups is 1. The highest BCUT2D eigenvalue weighted by molar-refractivity contribution is 8.00. The van der Waals surface area contributed by atoms with Gasteiger partial charge in [-0.15, -0.1) is 11.8 Å². The number of hydrogen-bond donors (Lipinski definition) is 1. The second-order valence-corrected chi connectivity index (χ2v) is 8.31. The standard InChI is InChI=1S/C14H17N3O5S2/c1-22-14(19)16-4-6-17(7-5-16)24(20,21)10-2-3-12-11(8-10)15-13(18)9-23-12/h2-3,8H,4-7,9H2,1H3,(H,15,18). The first kappa shape index (κ1) is 17.1. The molecule has 2 heterocycles. The van der Waals surface area contributed by atoms with E-state index in [0.717, 1.165) is 4.90 Å². The van der Waals surface area contributed by atoms with Crippen LogP contribution < -0.4 is 5.32 Å². The lowest BCUT2D eigenvalue weighted by Crippen LogP contribution is -2.50. The van der Waals surface area contributed by atoms with Gasteiger partial charge in [0.1, 0.15) is 0 Å². The molecule has 2 aliphatic rings. The Hall–Kier alpha value is -1.78. The number of nitrogens with one attached hydrogen (secondary N) is 1. The number of anilines is 1. The second-order valence-electron chi connectivity index (χ2n) is 5.36. The average Bonchev–Trinajstić information content (AvgIpc) is 2.60. The van der Waals surface area contributed by atoms with Gasteiger partial charge in [0.2, 0.25) is 15.9 Å². The van der Waals surface area contributed by atoms with Gasteiger partial charge >= 0.3 is 6.09 Å². The van der Waals surface area contributed by atoms with E-state index in [9.17, 15) is 18.0 Å². The summed E-state index contributed by atoms with van der Waals surface area (Å²) in [5, 5.41) is 2.69. The molecule has 0 spiro atoms. The van der Waals surface area contributed by atoms with Crippen LogP contribution in [0.5, 0.6) is 0 Å². The number of ether oxygens (including phenoxy) is 1. The molecule has 3 rings (SSSR count). The fourth-order valence-corrected chi connectivity index (χ4v) is 4.85. The highest BCUT2D eigenvalue weighted by Crippen LogP contribution is 2.33. The fraction of sp³-hybridized carbons (Fsp3) is 0.429. The Balaban J connectivity index is 1.78. The normalized spacial score (nSPS) is 18.7. The highest BCUT2D eigenvalue weighted by atomic mass is 32.2. The number of piperazine rings is 1. The smallest absolute Gasteiger partial charge is 0.409 e. The highest BCUT2D eigenvalue weighted by Gasteiger charge is 2.31. The number of rotatable bonds is 2. The fourth-order valence-electron chi connectivity index (χ4n) is 2.61. The third-order valence-corrected chi connectivity index (χ3v) is 6.86. The van der Waals surface area contributed by atoms with Crippen molar-refractivity contribution in [1.29, 1.82) is 0 Å². The van der Waals surface area contributed by atoms with E-state index in [1.807, 2.05) is 0 Å². The number of hydrogen-bond acceptors (Lipinski definition) is 6. The molecule has 0 radical (unpaired) electrons. The van der Waals surface area contributed by atoms with E-state index in [-0.39, 0.29) is 37.0 Å². The van der Waals surface area contributed by atoms with Crippen LogP contribution in [0.15, 0.2) is 28.0 Å². The molecule has 8 nitrogen and oxygen atoms in total. The molecule has 0 aliphatic carbocycles. The molecule has 1 fully saturated rings. The van der Waals surface area contributed by atoms with E-state index in [1.165, 1.54) is 34.1 Å². The summed E-state index contributed by atoms with van der Waals surface area (Å²) in [5.74, 6) is 0.183. The van der Waals surface area contributed by atoms with Gasteiger partial charge in [-0.3, -0.25) is 4.79 Å². The van der Waals surface area contributed by atoms with Crippen molar-refractivity contribution < 1.29 is 22.7 Å². The van der Waals surface area contributed by atoms with Gasteiger partial charge < -0.3 is 15.0 Å². The zero-order valence-electron chi connectivity index (χ0n) is 13.0. The van der Waals surface area contributed by atoms with Gasteiger partial charge in [-0.1, -0.05) is 0 Å². The molecule has 10 heteroatoms. The number of methoxy groups -OCH3 is 1. The Labute approximate surface area is 144 Å². The zero-order valence-corrected chi connectivity index (χ0v) is 14.7. The first-order valence-corrected chi connectivity index (χ1v) is 9.74. The number of carbonyl (C=O) groups excluding carboxylic acids is 2. The summed E-state index contributed by atoms with van der Waals surface area (Å²) in [6, 6.07) is 4.74. The van der Waals surface area contributed by atoms with E-state index in [1.54, 1.807) is 12.1 Å². The maximum Gasteiger partial charge on any atom is 0.409 e. The molecule has 24 heavy (non-hydrogen) atoms. The van der Waals surface area contributed by atoms with E-state index in [0.29, 0.717) is 11.4 Å². The zero-order chi connectivity index (χ0) is 17.3. The summed E-state index contributed by atoms with van der Waals surface area (Å²) >= 11 is 1.38. The summed E-state index contributed by atoms with van der Waals surface area (Å²) in [4.78, 5) is 25.4. The monoisotopic (exact) mass is 371 g/mol. The molecule has 2 aliphatic heterocycles. The lowest BCUT2D eigenvalue weighted by atomic mass is 10.3. The number of nitrogens with zero attached hydrogens (tertiary/aromatic N) is 2. The Kier molecular flexibility index (Phi) is 4.70. The topological polar surface area (TPSA) is 96.0 Å². The molecule has 2 amide bonds. The Morgan fingerprint density at radius 2 is 1.96 bits per heavy atom. The number of benzene rings is 1. The van der Waals surface area contributed by atoms with Crippen LogP contribution in [-0.4, -0.2) is 68.7 Å². The van der Waals surface area contributed by atoms with Gasteiger partial charge in [0.15, 0.2) is 0 Å². The van der Waals surface area contributed by atoms with E-state index in [4.69, 9.17) is 0 Å². The minimum absolute atomic E-state index is 0.135. The van der Waals surface area contributed by atoms with E-state index >= 15 is 0 Å². The van der Waals surface area contributed by atoms with Crippen molar-refractivity contribution in [1.82, 2.24) is 9.21 Å². The van der Waals surface area contributed by atoms with Crippen molar-refractivity contribution in [2.24, 2.45) is 0 Å². The van der Waals surface area contributed by atoms with Crippen molar-refractivity contribution in [2.45, 2.75) is 9.79 Å². The van der Waals surface area contributed by atoms with Crippen LogP contribution in [0, 0.1) is 0 Å². The average molecular weight is 371 g/mol. The van der Waals surface area contributed by atoms with Crippen LogP contribution in [0.1, 0.15) is 0 Å². The molecule has 130 valence electrons. The van der Waals surface area contributed by atoms with Gasteiger partial charge in [0, 0.05) is 31.1 Å². The quantitative estimate of drug-likeness (QED) is 0.826. The van der Waals surface area contributed by atoms with Gasteiger partial charge in [-0.05, 0) is 18.2 Å². The predicted molar refractivity (Wildman–Crippen MR) is 88.5 cm³/mol. The first-order valence-electron chi connectivity index (χ1n) is 7.31. The summed E-state index contributed by atoms with van der Waals surface area (Å²) in [5.41, 5.74) is 0.519. The molecule has 1 saturated heterocycles. The summed E-state index contributed by atoms with van der Waals surface area (Å²) in [7, 11) is -2.38. The Morgan fingerprint density at radius 3 is 2.62 bits per heavy atom. The maximum atomic E-state index is 12.8. The largest absolute Gasteiger partial charge is 0.453 e. The molecule has 0 atom stereocenters. The lowest BCUT2D eigenvalue weighted by molar-refractivity contribution is -0.113. The minimum Gasteiger partial charge on any atom is -0.453 e. The number of amides is 2. The van der Waals surface area contributed by atoms with Crippen LogP contribution in [0.2, 0.25) is 0 Å². The number of carbonyl (C=O) groups is 2. The molecule has 1 N–H and O–H groups in total. The van der Waals surface area contributed by atoms with Crippen LogP contribution in [-0.2, 0) is 19.6 Å². The van der Waals surface area contributed by atoms with Crippen molar-refractivity contribution in [3.8, 4) is 0 Å². The van der Waals surface area contributed by atoms with Crippen LogP contribution in [0.25, 0.3) is 0 Å². The van der Waals surface area contributed by atoms with Crippen LogP contribution >= 0.6 is 11.8 Å². The molecule has 0 aromatic heterocycles. The first-order chi connectivity index (χ1) is 11.4. The summed E-state index contributed by atoms with van der Waals surface area (Å²) in [6.07, 6.45) is -0.458. The van der Waals surface area contributed by atoms with Crippen molar-refractivity contribution in [3.63, 3.8) is 0 Å². The molecule has 0 bridgehead atoms. The molecule has 0 saturated carbocycles.